The Labute approximate surface area is 115 Å². The van der Waals surface area contributed by atoms with Gasteiger partial charge in [-0.15, -0.1) is 11.3 Å². The Balaban J connectivity index is 1.92. The molecule has 0 saturated carbocycles. The average molecular weight is 268 g/mol. The van der Waals surface area contributed by atoms with Gasteiger partial charge >= 0.3 is 0 Å². The van der Waals surface area contributed by atoms with Gasteiger partial charge in [-0.25, -0.2) is 4.68 Å². The number of hydrogen-bond donors (Lipinski definition) is 0. The molecule has 0 unspecified atom stereocenters. The van der Waals surface area contributed by atoms with Gasteiger partial charge in [-0.1, -0.05) is 18.2 Å². The van der Waals surface area contributed by atoms with E-state index in [9.17, 15) is 4.79 Å². The van der Waals surface area contributed by atoms with Gasteiger partial charge in [0, 0.05) is 22.0 Å². The quantitative estimate of drug-likeness (QED) is 0.682. The van der Waals surface area contributed by atoms with E-state index in [0.717, 1.165) is 16.1 Å². The number of aryl methyl sites for hydroxylation is 1. The fourth-order valence-corrected chi connectivity index (χ4v) is 2.57. The van der Waals surface area contributed by atoms with Gasteiger partial charge in [0.1, 0.15) is 0 Å². The van der Waals surface area contributed by atoms with Gasteiger partial charge in [0.05, 0.1) is 17.4 Å². The van der Waals surface area contributed by atoms with Crippen LogP contribution in [0.1, 0.15) is 20.8 Å². The molecule has 3 nitrogen and oxygen atoms in total. The molecular weight excluding hydrogens is 256 g/mol. The highest BCUT2D eigenvalue weighted by atomic mass is 32.1. The van der Waals surface area contributed by atoms with E-state index >= 15 is 0 Å². The minimum atomic E-state index is 0.0199. The first-order valence-electron chi connectivity index (χ1n) is 5.94. The van der Waals surface area contributed by atoms with E-state index in [2.05, 4.69) is 5.10 Å². The van der Waals surface area contributed by atoms with Crippen LogP contribution in [0.15, 0.2) is 54.2 Å². The summed E-state index contributed by atoms with van der Waals surface area (Å²) >= 11 is 1.58. The van der Waals surface area contributed by atoms with Gasteiger partial charge in [-0.3, -0.25) is 4.79 Å². The lowest BCUT2D eigenvalue weighted by Crippen LogP contribution is -1.98. The van der Waals surface area contributed by atoms with Crippen molar-refractivity contribution in [3.63, 3.8) is 0 Å². The summed E-state index contributed by atoms with van der Waals surface area (Å²) in [4.78, 5) is 13.4. The molecule has 0 aliphatic carbocycles. The molecular formula is C15H12N2OS. The minimum absolute atomic E-state index is 0.0199. The third-order valence-corrected chi connectivity index (χ3v) is 3.72. The lowest BCUT2D eigenvalue weighted by atomic mass is 10.1. The maximum atomic E-state index is 12.3. The summed E-state index contributed by atoms with van der Waals surface area (Å²) in [6.07, 6.45) is 3.38. The first-order valence-corrected chi connectivity index (χ1v) is 6.82. The van der Waals surface area contributed by atoms with Crippen molar-refractivity contribution in [2.45, 2.75) is 6.92 Å². The van der Waals surface area contributed by atoms with Gasteiger partial charge in [0.15, 0.2) is 5.78 Å². The number of nitrogens with zero attached hydrogens (tertiary/aromatic N) is 2. The van der Waals surface area contributed by atoms with Gasteiger partial charge in [-0.05, 0) is 25.1 Å². The molecule has 2 aromatic heterocycles. The van der Waals surface area contributed by atoms with E-state index in [1.807, 2.05) is 48.7 Å². The van der Waals surface area contributed by atoms with E-state index in [-0.39, 0.29) is 5.78 Å². The molecule has 0 aliphatic heterocycles. The van der Waals surface area contributed by atoms with Crippen LogP contribution in [-0.2, 0) is 0 Å². The van der Waals surface area contributed by atoms with E-state index in [0.29, 0.717) is 5.56 Å². The lowest BCUT2D eigenvalue weighted by molar-refractivity contribution is 0.103. The number of carbonyl (C=O) groups is 1. The van der Waals surface area contributed by atoms with Crippen molar-refractivity contribution in [2.24, 2.45) is 0 Å². The first kappa shape index (κ1) is 11.9. The highest BCUT2D eigenvalue weighted by Crippen LogP contribution is 2.17. The Morgan fingerprint density at radius 1 is 1.21 bits per heavy atom. The van der Waals surface area contributed by atoms with Gasteiger partial charge in [0.25, 0.3) is 0 Å². The number of para-hydroxylation sites is 1. The number of carbonyl (C=O) groups excluding carboxylic acids is 1. The standard InChI is InChI=1S/C15H12N2OS/c1-11-7-12(10-19-11)15(18)13-8-16-17(9-13)14-5-3-2-4-6-14/h2-10H,1H3. The molecule has 19 heavy (non-hydrogen) atoms. The van der Waals surface area contributed by atoms with E-state index < -0.39 is 0 Å². The second kappa shape index (κ2) is 4.82. The number of aromatic nitrogens is 2. The van der Waals surface area contributed by atoms with Crippen molar-refractivity contribution in [3.8, 4) is 5.69 Å². The van der Waals surface area contributed by atoms with Crippen molar-refractivity contribution >= 4 is 17.1 Å². The van der Waals surface area contributed by atoms with Crippen LogP contribution in [0.4, 0.5) is 0 Å². The van der Waals surface area contributed by atoms with E-state index in [1.54, 1.807) is 28.4 Å². The molecule has 0 aliphatic rings. The van der Waals surface area contributed by atoms with Crippen molar-refractivity contribution in [1.29, 1.82) is 0 Å². The third kappa shape index (κ3) is 2.35. The molecule has 94 valence electrons. The van der Waals surface area contributed by atoms with Crippen LogP contribution >= 0.6 is 11.3 Å². The van der Waals surface area contributed by atoms with Crippen molar-refractivity contribution in [2.75, 3.05) is 0 Å². The van der Waals surface area contributed by atoms with Crippen LogP contribution in [0.2, 0.25) is 0 Å². The molecule has 0 radical (unpaired) electrons. The summed E-state index contributed by atoms with van der Waals surface area (Å²) in [6.45, 7) is 1.99. The average Bonchev–Trinajstić information content (AvgIpc) is 3.08. The molecule has 4 heteroatoms. The number of thiophene rings is 1. The molecule has 3 rings (SSSR count). The topological polar surface area (TPSA) is 34.9 Å². The molecule has 0 saturated heterocycles. The van der Waals surface area contributed by atoms with Crippen molar-refractivity contribution in [1.82, 2.24) is 9.78 Å². The van der Waals surface area contributed by atoms with Crippen LogP contribution in [0, 0.1) is 6.92 Å². The summed E-state index contributed by atoms with van der Waals surface area (Å²) in [5.74, 6) is 0.0199. The Kier molecular flexibility index (Phi) is 3.01. The Morgan fingerprint density at radius 2 is 2.00 bits per heavy atom. The molecule has 0 N–H and O–H groups in total. The predicted molar refractivity (Wildman–Crippen MR) is 76.1 cm³/mol. The smallest absolute Gasteiger partial charge is 0.197 e. The summed E-state index contributed by atoms with van der Waals surface area (Å²) in [7, 11) is 0. The number of ketones is 1. The van der Waals surface area contributed by atoms with Crippen LogP contribution in [0.3, 0.4) is 0 Å². The number of rotatable bonds is 3. The number of hydrogen-bond acceptors (Lipinski definition) is 3. The maximum Gasteiger partial charge on any atom is 0.197 e. The maximum absolute atomic E-state index is 12.3. The molecule has 0 amide bonds. The third-order valence-electron chi connectivity index (χ3n) is 2.86. The summed E-state index contributed by atoms with van der Waals surface area (Å²) in [6, 6.07) is 11.7. The second-order valence-electron chi connectivity index (χ2n) is 4.28. The normalized spacial score (nSPS) is 10.6. The van der Waals surface area contributed by atoms with Crippen molar-refractivity contribution < 1.29 is 4.79 Å². The van der Waals surface area contributed by atoms with Gasteiger partial charge in [0.2, 0.25) is 0 Å². The molecule has 0 atom stereocenters. The zero-order chi connectivity index (χ0) is 13.2. The molecule has 1 aromatic carbocycles. The SMILES string of the molecule is Cc1cc(C(=O)c2cnn(-c3ccccc3)c2)cs1. The summed E-state index contributed by atoms with van der Waals surface area (Å²) < 4.78 is 1.71. The predicted octanol–water partition coefficient (Wildman–Crippen LogP) is 3.47. The second-order valence-corrected chi connectivity index (χ2v) is 5.40. The van der Waals surface area contributed by atoms with Gasteiger partial charge < -0.3 is 0 Å². The molecule has 0 fully saturated rings. The lowest BCUT2D eigenvalue weighted by Gasteiger charge is -1.98. The molecule has 0 spiro atoms. The first-order chi connectivity index (χ1) is 9.24. The van der Waals surface area contributed by atoms with Crippen LogP contribution in [-0.4, -0.2) is 15.6 Å². The van der Waals surface area contributed by atoms with Crippen molar-refractivity contribution in [3.05, 3.63) is 70.2 Å². The van der Waals surface area contributed by atoms with Crippen LogP contribution < -0.4 is 0 Å². The fraction of sp³-hybridized carbons (Fsp3) is 0.0667. The van der Waals surface area contributed by atoms with Crippen LogP contribution in [0.25, 0.3) is 5.69 Å². The Bertz CT molecular complexity index is 713. The Morgan fingerprint density at radius 3 is 2.68 bits per heavy atom. The van der Waals surface area contributed by atoms with E-state index in [4.69, 9.17) is 0 Å². The van der Waals surface area contributed by atoms with Gasteiger partial charge in [-0.2, -0.15) is 5.10 Å². The van der Waals surface area contributed by atoms with E-state index in [1.165, 1.54) is 0 Å². The molecule has 0 bridgehead atoms. The zero-order valence-corrected chi connectivity index (χ0v) is 11.2. The molecule has 3 aromatic rings. The fourth-order valence-electron chi connectivity index (χ4n) is 1.89. The highest BCUT2D eigenvalue weighted by Gasteiger charge is 2.13. The van der Waals surface area contributed by atoms with Crippen LogP contribution in [0.5, 0.6) is 0 Å². The minimum Gasteiger partial charge on any atom is -0.288 e. The highest BCUT2D eigenvalue weighted by molar-refractivity contribution is 7.10. The monoisotopic (exact) mass is 268 g/mol. The summed E-state index contributed by atoms with van der Waals surface area (Å²) in [5, 5.41) is 6.13. The largest absolute Gasteiger partial charge is 0.288 e. The zero-order valence-electron chi connectivity index (χ0n) is 10.4. The molecule has 2 heterocycles. The number of benzene rings is 1. The Hall–Kier alpha value is -2.20. The summed E-state index contributed by atoms with van der Waals surface area (Å²) in [5.41, 5.74) is 2.29.